The van der Waals surface area contributed by atoms with E-state index in [1.165, 1.54) is 0 Å². The summed E-state index contributed by atoms with van der Waals surface area (Å²) in [6.45, 7) is 7.40. The monoisotopic (exact) mass is 300 g/mol. The summed E-state index contributed by atoms with van der Waals surface area (Å²) in [5, 5.41) is 17.4. The molecule has 0 radical (unpaired) electrons. The minimum atomic E-state index is -0.855. The topological polar surface area (TPSA) is 74.6 Å². The molecule has 0 aromatic heterocycles. The van der Waals surface area contributed by atoms with Crippen LogP contribution in [-0.2, 0) is 0 Å². The second-order valence-electron chi connectivity index (χ2n) is 5.18. The van der Waals surface area contributed by atoms with Gasteiger partial charge in [0, 0.05) is 0 Å². The van der Waals surface area contributed by atoms with E-state index in [0.29, 0.717) is 11.1 Å². The number of carboxylic acid groups (broad SMARTS) is 2. The van der Waals surface area contributed by atoms with Crippen molar-refractivity contribution in [2.45, 2.75) is 27.7 Å². The molecule has 0 aliphatic carbocycles. The van der Waals surface area contributed by atoms with Crippen LogP contribution in [0.15, 0.2) is 36.4 Å². The lowest BCUT2D eigenvalue weighted by atomic mass is 10.0. The lowest BCUT2D eigenvalue weighted by molar-refractivity contribution is 0.0685. The van der Waals surface area contributed by atoms with Gasteiger partial charge in [-0.05, 0) is 56.5 Å². The molecule has 4 nitrogen and oxygen atoms in total. The molecule has 0 saturated carbocycles. The van der Waals surface area contributed by atoms with Crippen LogP contribution in [0.4, 0.5) is 0 Å². The van der Waals surface area contributed by atoms with E-state index in [1.807, 2.05) is 39.0 Å². The second-order valence-corrected chi connectivity index (χ2v) is 5.18. The molecule has 116 valence electrons. The maximum absolute atomic E-state index is 10.6. The van der Waals surface area contributed by atoms with Crippen molar-refractivity contribution in [1.29, 1.82) is 0 Å². The molecule has 2 N–H and O–H groups in total. The van der Waals surface area contributed by atoms with Gasteiger partial charge in [-0.1, -0.05) is 29.8 Å². The van der Waals surface area contributed by atoms with Crippen LogP contribution in [0.2, 0.25) is 0 Å². The van der Waals surface area contributed by atoms with Crippen LogP contribution in [0.3, 0.4) is 0 Å². The molecule has 0 unspecified atom stereocenters. The fraction of sp³-hybridized carbons (Fsp3) is 0.222. The molecule has 0 atom stereocenters. The van der Waals surface area contributed by atoms with Gasteiger partial charge in [0.2, 0.25) is 0 Å². The van der Waals surface area contributed by atoms with Crippen LogP contribution in [0.1, 0.15) is 43.0 Å². The summed E-state index contributed by atoms with van der Waals surface area (Å²) in [5.41, 5.74) is 4.44. The van der Waals surface area contributed by atoms with Crippen molar-refractivity contribution in [3.05, 3.63) is 69.8 Å². The van der Waals surface area contributed by atoms with Gasteiger partial charge in [0.25, 0.3) is 0 Å². The predicted octanol–water partition coefficient (Wildman–Crippen LogP) is 4.00. The minimum absolute atomic E-state index is 0.394. The maximum Gasteiger partial charge on any atom is 0.335 e. The van der Waals surface area contributed by atoms with Gasteiger partial charge >= 0.3 is 11.9 Å². The molecule has 2 rings (SSSR count). The van der Waals surface area contributed by atoms with Crippen LogP contribution < -0.4 is 0 Å². The van der Waals surface area contributed by atoms with Crippen molar-refractivity contribution in [2.75, 3.05) is 0 Å². The highest BCUT2D eigenvalue weighted by Gasteiger charge is 2.06. The summed E-state index contributed by atoms with van der Waals surface area (Å²) >= 11 is 0. The molecule has 2 aromatic carbocycles. The van der Waals surface area contributed by atoms with Crippen LogP contribution in [-0.4, -0.2) is 22.2 Å². The van der Waals surface area contributed by atoms with Crippen molar-refractivity contribution in [3.8, 4) is 0 Å². The molecule has 0 bridgehead atoms. The quantitative estimate of drug-likeness (QED) is 0.879. The number of carbonyl (C=O) groups is 2. The highest BCUT2D eigenvalue weighted by molar-refractivity contribution is 5.90. The maximum atomic E-state index is 10.6. The molecule has 0 spiro atoms. The Balaban J connectivity index is 0.000000220. The number of aromatic carboxylic acids is 2. The summed E-state index contributed by atoms with van der Waals surface area (Å²) in [6, 6.07) is 10.7. The van der Waals surface area contributed by atoms with Crippen molar-refractivity contribution >= 4 is 11.9 Å². The standard InChI is InChI=1S/2C9H10O2/c1-6-3-4-7(2)8(5-6)9(10)11;1-6-4-3-5-8(7(6)2)9(10)11/h2*3-5H,1-2H3,(H,10,11). The fourth-order valence-corrected chi connectivity index (χ4v) is 1.95. The van der Waals surface area contributed by atoms with Gasteiger partial charge in [-0.3, -0.25) is 0 Å². The Kier molecular flexibility index (Phi) is 5.87. The lowest BCUT2D eigenvalue weighted by Gasteiger charge is -2.02. The predicted molar refractivity (Wildman–Crippen MR) is 85.8 cm³/mol. The number of aryl methyl sites for hydroxylation is 3. The molecule has 0 saturated heterocycles. The average Bonchev–Trinajstić information content (AvgIpc) is 2.44. The molecule has 0 heterocycles. The molecule has 2 aromatic rings. The normalized spacial score (nSPS) is 9.64. The minimum Gasteiger partial charge on any atom is -0.478 e. The Morgan fingerprint density at radius 2 is 1.36 bits per heavy atom. The summed E-state index contributed by atoms with van der Waals surface area (Å²) in [5.74, 6) is -1.71. The van der Waals surface area contributed by atoms with Gasteiger partial charge < -0.3 is 10.2 Å². The third-order valence-electron chi connectivity index (χ3n) is 3.46. The van der Waals surface area contributed by atoms with Crippen molar-refractivity contribution in [3.63, 3.8) is 0 Å². The average molecular weight is 300 g/mol. The Bertz CT molecular complexity index is 690. The van der Waals surface area contributed by atoms with E-state index in [1.54, 1.807) is 25.1 Å². The molecule has 22 heavy (non-hydrogen) atoms. The van der Waals surface area contributed by atoms with Crippen LogP contribution >= 0.6 is 0 Å². The zero-order valence-electron chi connectivity index (χ0n) is 13.2. The van der Waals surface area contributed by atoms with E-state index in [2.05, 4.69) is 0 Å². The van der Waals surface area contributed by atoms with Gasteiger partial charge in [0.15, 0.2) is 0 Å². The number of hydrogen-bond acceptors (Lipinski definition) is 2. The first-order chi connectivity index (χ1) is 10.2. The first kappa shape index (κ1) is 17.4. The second kappa shape index (κ2) is 7.41. The summed E-state index contributed by atoms with van der Waals surface area (Å²) < 4.78 is 0. The van der Waals surface area contributed by atoms with Crippen molar-refractivity contribution in [2.24, 2.45) is 0 Å². The number of benzene rings is 2. The van der Waals surface area contributed by atoms with E-state index in [0.717, 1.165) is 22.3 Å². The Morgan fingerprint density at radius 1 is 0.773 bits per heavy atom. The van der Waals surface area contributed by atoms with Gasteiger partial charge in [-0.25, -0.2) is 9.59 Å². The molecule has 0 aliphatic heterocycles. The molecule has 4 heteroatoms. The first-order valence-corrected chi connectivity index (χ1v) is 6.84. The van der Waals surface area contributed by atoms with Gasteiger partial charge in [-0.2, -0.15) is 0 Å². The zero-order valence-corrected chi connectivity index (χ0v) is 13.2. The van der Waals surface area contributed by atoms with Gasteiger partial charge in [0.1, 0.15) is 0 Å². The number of rotatable bonds is 2. The largest absolute Gasteiger partial charge is 0.478 e. The zero-order chi connectivity index (χ0) is 16.9. The molecular formula is C18H20O4. The van der Waals surface area contributed by atoms with Gasteiger partial charge in [0.05, 0.1) is 11.1 Å². The third kappa shape index (κ3) is 4.45. The van der Waals surface area contributed by atoms with Crippen LogP contribution in [0, 0.1) is 27.7 Å². The SMILES string of the molecule is Cc1ccc(C)c(C(=O)O)c1.Cc1cccc(C(=O)O)c1C. The Hall–Kier alpha value is -2.62. The van der Waals surface area contributed by atoms with Crippen molar-refractivity contribution < 1.29 is 19.8 Å². The number of hydrogen-bond donors (Lipinski definition) is 2. The van der Waals surface area contributed by atoms with Crippen molar-refractivity contribution in [1.82, 2.24) is 0 Å². The fourth-order valence-electron chi connectivity index (χ4n) is 1.95. The third-order valence-corrected chi connectivity index (χ3v) is 3.46. The highest BCUT2D eigenvalue weighted by atomic mass is 16.4. The van der Waals surface area contributed by atoms with E-state index in [4.69, 9.17) is 10.2 Å². The summed E-state index contributed by atoms with van der Waals surface area (Å²) in [7, 11) is 0. The van der Waals surface area contributed by atoms with E-state index >= 15 is 0 Å². The summed E-state index contributed by atoms with van der Waals surface area (Å²) in [6.07, 6.45) is 0. The van der Waals surface area contributed by atoms with Crippen LogP contribution in [0.5, 0.6) is 0 Å². The van der Waals surface area contributed by atoms with E-state index < -0.39 is 11.9 Å². The van der Waals surface area contributed by atoms with Crippen LogP contribution in [0.25, 0.3) is 0 Å². The Labute approximate surface area is 130 Å². The lowest BCUT2D eigenvalue weighted by Crippen LogP contribution is -2.00. The highest BCUT2D eigenvalue weighted by Crippen LogP contribution is 2.12. The molecule has 0 aliphatic rings. The first-order valence-electron chi connectivity index (χ1n) is 6.84. The Morgan fingerprint density at radius 3 is 1.82 bits per heavy atom. The summed E-state index contributed by atoms with van der Waals surface area (Å²) in [4.78, 5) is 21.1. The molecular weight excluding hydrogens is 280 g/mol. The molecule has 0 amide bonds. The smallest absolute Gasteiger partial charge is 0.335 e. The van der Waals surface area contributed by atoms with E-state index in [9.17, 15) is 9.59 Å². The molecule has 0 fully saturated rings. The number of carboxylic acids is 2. The van der Waals surface area contributed by atoms with E-state index in [-0.39, 0.29) is 0 Å². The van der Waals surface area contributed by atoms with Gasteiger partial charge in [-0.15, -0.1) is 0 Å².